The van der Waals surface area contributed by atoms with Crippen LogP contribution >= 0.6 is 0 Å². The predicted molar refractivity (Wildman–Crippen MR) is 96.0 cm³/mol. The first-order valence-electron chi connectivity index (χ1n) is 8.26. The fraction of sp³-hybridized carbons (Fsp3) is 0.722. The summed E-state index contributed by atoms with van der Waals surface area (Å²) in [6.45, 7) is 10.3. The Kier molecular flexibility index (Phi) is 9.14. The van der Waals surface area contributed by atoms with Crippen LogP contribution in [0.5, 0.6) is 0 Å². The number of nitrogens with one attached hydrogen (secondary N) is 1. The molecule has 0 saturated heterocycles. The van der Waals surface area contributed by atoms with Gasteiger partial charge in [0.25, 0.3) is 0 Å². The summed E-state index contributed by atoms with van der Waals surface area (Å²) in [5, 5.41) is 2.41. The molecule has 0 fully saturated rings. The monoisotopic (exact) mass is 370 g/mol. The largest absolute Gasteiger partial charge is 0.467 e. The average Bonchev–Trinajstić information content (AvgIpc) is 2.45. The zero-order valence-corrected chi connectivity index (χ0v) is 16.6. The number of rotatable bonds is 5. The van der Waals surface area contributed by atoms with Gasteiger partial charge in [-0.25, -0.2) is 9.59 Å². The van der Waals surface area contributed by atoms with E-state index in [9.17, 15) is 14.4 Å². The summed E-state index contributed by atoms with van der Waals surface area (Å²) in [4.78, 5) is 35.3. The standard InChI is InChI=1S/C18H30N2O6/c1-17(2,3)25-14(21)12(19)10-8-9-11-13(15(22)24-7)20-16(23)26-18(4,5)6/h12-13H,10-11,19H2,1-7H3,(H,20,23)/t12-,13-/m0/s1. The van der Waals surface area contributed by atoms with Crippen LogP contribution in [0.2, 0.25) is 0 Å². The van der Waals surface area contributed by atoms with E-state index in [4.69, 9.17) is 15.2 Å². The molecule has 26 heavy (non-hydrogen) atoms. The van der Waals surface area contributed by atoms with E-state index in [0.29, 0.717) is 0 Å². The Hall–Kier alpha value is -2.27. The van der Waals surface area contributed by atoms with Gasteiger partial charge in [-0.15, -0.1) is 11.8 Å². The molecule has 0 aliphatic carbocycles. The number of carbonyl (C=O) groups is 3. The molecule has 0 bridgehead atoms. The molecule has 2 atom stereocenters. The summed E-state index contributed by atoms with van der Waals surface area (Å²) in [6, 6.07) is -1.88. The fourth-order valence-corrected chi connectivity index (χ4v) is 1.60. The lowest BCUT2D eigenvalue weighted by Crippen LogP contribution is -2.43. The molecule has 0 heterocycles. The Labute approximate surface area is 155 Å². The van der Waals surface area contributed by atoms with E-state index in [1.54, 1.807) is 41.5 Å². The Morgan fingerprint density at radius 2 is 1.42 bits per heavy atom. The molecule has 0 aliphatic heterocycles. The highest BCUT2D eigenvalue weighted by molar-refractivity contribution is 5.81. The van der Waals surface area contributed by atoms with Crippen LogP contribution < -0.4 is 11.1 Å². The van der Waals surface area contributed by atoms with Crippen molar-refractivity contribution in [3.63, 3.8) is 0 Å². The number of esters is 2. The van der Waals surface area contributed by atoms with Gasteiger partial charge in [0.2, 0.25) is 0 Å². The number of alkyl carbamates (subject to hydrolysis) is 1. The van der Waals surface area contributed by atoms with Gasteiger partial charge < -0.3 is 25.3 Å². The van der Waals surface area contributed by atoms with Crippen LogP contribution in [0.4, 0.5) is 4.79 Å². The van der Waals surface area contributed by atoms with Crippen molar-refractivity contribution in [2.75, 3.05) is 7.11 Å². The quantitative estimate of drug-likeness (QED) is 0.428. The number of hydrogen-bond donors (Lipinski definition) is 2. The van der Waals surface area contributed by atoms with Gasteiger partial charge >= 0.3 is 18.0 Å². The highest BCUT2D eigenvalue weighted by Gasteiger charge is 2.24. The van der Waals surface area contributed by atoms with Gasteiger partial charge in [-0.3, -0.25) is 4.79 Å². The topological polar surface area (TPSA) is 117 Å². The first-order chi connectivity index (χ1) is 11.7. The SMILES string of the molecule is COC(=O)[C@H](CC#CC[C@H](N)C(=O)OC(C)(C)C)NC(=O)OC(C)(C)C. The molecule has 1 amide bonds. The molecule has 0 radical (unpaired) electrons. The molecule has 0 aromatic carbocycles. The summed E-state index contributed by atoms with van der Waals surface area (Å²) in [5.41, 5.74) is 4.39. The number of nitrogens with two attached hydrogens (primary N) is 1. The van der Waals surface area contributed by atoms with Crippen molar-refractivity contribution in [2.45, 2.75) is 77.7 Å². The first kappa shape index (κ1) is 23.7. The number of amides is 1. The van der Waals surface area contributed by atoms with Crippen molar-refractivity contribution in [1.29, 1.82) is 0 Å². The second-order valence-corrected chi connectivity index (χ2v) is 7.62. The van der Waals surface area contributed by atoms with E-state index >= 15 is 0 Å². The van der Waals surface area contributed by atoms with Crippen LogP contribution in [0.15, 0.2) is 0 Å². The molecule has 148 valence electrons. The van der Waals surface area contributed by atoms with Crippen LogP contribution in [-0.4, -0.2) is 48.4 Å². The van der Waals surface area contributed by atoms with Crippen LogP contribution in [0, 0.1) is 11.8 Å². The number of carbonyl (C=O) groups excluding carboxylic acids is 3. The van der Waals surface area contributed by atoms with E-state index in [1.807, 2.05) is 0 Å². The van der Waals surface area contributed by atoms with Crippen molar-refractivity contribution in [3.05, 3.63) is 0 Å². The minimum Gasteiger partial charge on any atom is -0.467 e. The summed E-state index contributed by atoms with van der Waals surface area (Å²) in [5.74, 6) is 4.21. The molecule has 0 unspecified atom stereocenters. The van der Waals surface area contributed by atoms with Gasteiger partial charge in [0, 0.05) is 12.8 Å². The van der Waals surface area contributed by atoms with Crippen molar-refractivity contribution in [2.24, 2.45) is 5.73 Å². The van der Waals surface area contributed by atoms with E-state index in [-0.39, 0.29) is 12.8 Å². The maximum absolute atomic E-state index is 11.8. The third kappa shape index (κ3) is 11.3. The zero-order chi connectivity index (χ0) is 20.5. The first-order valence-corrected chi connectivity index (χ1v) is 8.26. The molecule has 8 nitrogen and oxygen atoms in total. The molecule has 3 N–H and O–H groups in total. The number of hydrogen-bond acceptors (Lipinski definition) is 7. The van der Waals surface area contributed by atoms with Crippen molar-refractivity contribution in [3.8, 4) is 11.8 Å². The third-order valence-corrected chi connectivity index (χ3v) is 2.64. The lowest BCUT2D eigenvalue weighted by Gasteiger charge is -2.22. The Morgan fingerprint density at radius 3 is 1.88 bits per heavy atom. The average molecular weight is 370 g/mol. The zero-order valence-electron chi connectivity index (χ0n) is 16.6. The summed E-state index contributed by atoms with van der Waals surface area (Å²) < 4.78 is 14.9. The molecule has 0 aromatic rings. The van der Waals surface area contributed by atoms with Crippen LogP contribution in [0.25, 0.3) is 0 Å². The van der Waals surface area contributed by atoms with Gasteiger partial charge in [-0.2, -0.15) is 0 Å². The summed E-state index contributed by atoms with van der Waals surface area (Å²) in [7, 11) is 1.21. The maximum Gasteiger partial charge on any atom is 0.408 e. The minimum absolute atomic E-state index is 0.00699. The molecule has 0 aliphatic rings. The normalized spacial score (nSPS) is 13.5. The second-order valence-electron chi connectivity index (χ2n) is 7.62. The maximum atomic E-state index is 11.8. The van der Waals surface area contributed by atoms with Crippen LogP contribution in [0.1, 0.15) is 54.4 Å². The van der Waals surface area contributed by atoms with E-state index in [2.05, 4.69) is 21.9 Å². The Morgan fingerprint density at radius 1 is 0.923 bits per heavy atom. The fourth-order valence-electron chi connectivity index (χ4n) is 1.60. The minimum atomic E-state index is -0.986. The van der Waals surface area contributed by atoms with Gasteiger partial charge in [0.05, 0.1) is 7.11 Å². The molecular weight excluding hydrogens is 340 g/mol. The molecule has 0 aromatic heterocycles. The lowest BCUT2D eigenvalue weighted by molar-refractivity contribution is -0.156. The third-order valence-electron chi connectivity index (χ3n) is 2.64. The van der Waals surface area contributed by atoms with E-state index < -0.39 is 41.3 Å². The summed E-state index contributed by atoms with van der Waals surface area (Å²) in [6.07, 6.45) is -0.692. The van der Waals surface area contributed by atoms with Crippen molar-refractivity contribution < 1.29 is 28.6 Å². The summed E-state index contributed by atoms with van der Waals surface area (Å²) >= 11 is 0. The van der Waals surface area contributed by atoms with E-state index in [0.717, 1.165) is 0 Å². The van der Waals surface area contributed by atoms with Crippen LogP contribution in [0.3, 0.4) is 0 Å². The van der Waals surface area contributed by atoms with Crippen LogP contribution in [-0.2, 0) is 23.8 Å². The van der Waals surface area contributed by atoms with Crippen molar-refractivity contribution >= 4 is 18.0 Å². The smallest absolute Gasteiger partial charge is 0.408 e. The number of methoxy groups -OCH3 is 1. The molecule has 8 heteroatoms. The lowest BCUT2D eigenvalue weighted by atomic mass is 10.1. The predicted octanol–water partition coefficient (Wildman–Crippen LogP) is 1.51. The second kappa shape index (κ2) is 10.0. The number of ether oxygens (including phenoxy) is 3. The van der Waals surface area contributed by atoms with E-state index in [1.165, 1.54) is 7.11 Å². The van der Waals surface area contributed by atoms with Crippen molar-refractivity contribution in [1.82, 2.24) is 5.32 Å². The molecular formula is C18H30N2O6. The Balaban J connectivity index is 4.69. The highest BCUT2D eigenvalue weighted by atomic mass is 16.6. The highest BCUT2D eigenvalue weighted by Crippen LogP contribution is 2.09. The van der Waals surface area contributed by atoms with Gasteiger partial charge in [-0.05, 0) is 41.5 Å². The van der Waals surface area contributed by atoms with Gasteiger partial charge in [0.15, 0.2) is 0 Å². The Bertz CT molecular complexity index is 563. The molecule has 0 saturated carbocycles. The van der Waals surface area contributed by atoms with Gasteiger partial charge in [0.1, 0.15) is 23.3 Å². The molecule has 0 rings (SSSR count). The van der Waals surface area contributed by atoms with Gasteiger partial charge in [-0.1, -0.05) is 0 Å². The molecule has 0 spiro atoms.